The third kappa shape index (κ3) is 2.70. The van der Waals surface area contributed by atoms with Crippen LogP contribution in [0.5, 0.6) is 0 Å². The molecule has 0 N–H and O–H groups in total. The van der Waals surface area contributed by atoms with Crippen LogP contribution in [0.2, 0.25) is 0 Å². The predicted molar refractivity (Wildman–Crippen MR) is 85.6 cm³/mol. The zero-order valence-electron chi connectivity index (χ0n) is 11.8. The van der Waals surface area contributed by atoms with Crippen molar-refractivity contribution in [2.24, 2.45) is 0 Å². The fourth-order valence-electron chi connectivity index (χ4n) is 2.41. The molecule has 3 nitrogen and oxygen atoms in total. The van der Waals surface area contributed by atoms with Gasteiger partial charge in [0.25, 0.3) is 0 Å². The Kier molecular flexibility index (Phi) is 3.74. The van der Waals surface area contributed by atoms with Crippen LogP contribution in [0.15, 0.2) is 34.9 Å². The topological polar surface area (TPSA) is 29.0 Å². The fourth-order valence-corrected chi connectivity index (χ4v) is 2.79. The summed E-state index contributed by atoms with van der Waals surface area (Å²) in [6.45, 7) is 5.17. The van der Waals surface area contributed by atoms with Crippen molar-refractivity contribution in [3.05, 3.63) is 46.3 Å². The molecule has 104 valence electrons. The van der Waals surface area contributed by atoms with Crippen LogP contribution in [0.3, 0.4) is 0 Å². The first-order chi connectivity index (χ1) is 9.69. The minimum Gasteiger partial charge on any atom is -0.326 e. The van der Waals surface area contributed by atoms with E-state index in [4.69, 9.17) is 4.98 Å². The molecule has 0 radical (unpaired) electrons. The van der Waals surface area contributed by atoms with Gasteiger partial charge in [0.05, 0.1) is 0 Å². The minimum absolute atomic E-state index is 0.557. The fraction of sp³-hybridized carbons (Fsp3) is 0.375. The molecule has 1 aromatic carbocycles. The Morgan fingerprint density at radius 3 is 2.65 bits per heavy atom. The first-order valence-corrected chi connectivity index (χ1v) is 7.86. The van der Waals surface area contributed by atoms with E-state index in [1.807, 2.05) is 6.07 Å². The second-order valence-electron chi connectivity index (χ2n) is 5.21. The van der Waals surface area contributed by atoms with E-state index >= 15 is 0 Å². The van der Waals surface area contributed by atoms with Gasteiger partial charge in [-0.1, -0.05) is 18.2 Å². The van der Waals surface area contributed by atoms with E-state index in [1.54, 1.807) is 0 Å². The van der Waals surface area contributed by atoms with Gasteiger partial charge in [0.1, 0.15) is 16.2 Å². The third-order valence-electron chi connectivity index (χ3n) is 3.64. The minimum atomic E-state index is 0.557. The average Bonchev–Trinajstić information content (AvgIpc) is 3.25. The van der Waals surface area contributed by atoms with Gasteiger partial charge in [-0.05, 0) is 54.2 Å². The average molecular weight is 332 g/mol. The molecule has 20 heavy (non-hydrogen) atoms. The van der Waals surface area contributed by atoms with E-state index < -0.39 is 0 Å². The molecule has 0 bridgehead atoms. The summed E-state index contributed by atoms with van der Waals surface area (Å²) in [5.74, 6) is 2.51. The molecule has 1 fully saturated rings. The normalized spacial score (nSPS) is 14.3. The second-order valence-corrected chi connectivity index (χ2v) is 6.02. The smallest absolute Gasteiger partial charge is 0.137 e. The summed E-state index contributed by atoms with van der Waals surface area (Å²) in [4.78, 5) is 11.5. The molecule has 1 aromatic heterocycles. The molecule has 0 aliphatic heterocycles. The largest absolute Gasteiger partial charge is 0.326 e. The van der Waals surface area contributed by atoms with Crippen molar-refractivity contribution in [2.45, 2.75) is 32.6 Å². The summed E-state index contributed by atoms with van der Waals surface area (Å²) in [6, 6.07) is 10.4. The van der Waals surface area contributed by atoms with E-state index in [1.165, 1.54) is 24.1 Å². The third-order valence-corrected chi connectivity index (χ3v) is 4.05. The van der Waals surface area contributed by atoms with E-state index in [0.717, 1.165) is 22.8 Å². The monoisotopic (exact) mass is 331 g/mol. The summed E-state index contributed by atoms with van der Waals surface area (Å²) >= 11 is 3.52. The summed E-state index contributed by atoms with van der Waals surface area (Å²) in [5, 5.41) is 0. The Hall–Kier alpha value is -1.42. The molecule has 1 saturated carbocycles. The number of anilines is 2. The summed E-state index contributed by atoms with van der Waals surface area (Å²) in [5.41, 5.74) is 2.47. The Balaban J connectivity index is 2.03. The zero-order valence-corrected chi connectivity index (χ0v) is 13.4. The van der Waals surface area contributed by atoms with E-state index in [9.17, 15) is 0 Å². The maximum Gasteiger partial charge on any atom is 0.137 e. The number of para-hydroxylation sites is 1. The van der Waals surface area contributed by atoms with Gasteiger partial charge in [-0.2, -0.15) is 0 Å². The SMILES string of the molecule is CCN(c1cc(Br)nc(C2CC2)n1)c1ccccc1C. The maximum absolute atomic E-state index is 4.77. The van der Waals surface area contributed by atoms with Crippen LogP contribution in [0.4, 0.5) is 11.5 Å². The van der Waals surface area contributed by atoms with Crippen molar-refractivity contribution in [3.63, 3.8) is 0 Å². The van der Waals surface area contributed by atoms with Crippen LogP contribution in [0, 0.1) is 6.92 Å². The lowest BCUT2D eigenvalue weighted by molar-refractivity contribution is 0.884. The van der Waals surface area contributed by atoms with Gasteiger partial charge in [-0.25, -0.2) is 9.97 Å². The highest BCUT2D eigenvalue weighted by Crippen LogP contribution is 2.39. The Morgan fingerprint density at radius 1 is 1.25 bits per heavy atom. The molecule has 0 unspecified atom stereocenters. The molecule has 1 heterocycles. The highest BCUT2D eigenvalue weighted by molar-refractivity contribution is 9.10. The van der Waals surface area contributed by atoms with Crippen molar-refractivity contribution >= 4 is 27.4 Å². The van der Waals surface area contributed by atoms with Crippen LogP contribution in [-0.4, -0.2) is 16.5 Å². The lowest BCUT2D eigenvalue weighted by atomic mass is 10.2. The Morgan fingerprint density at radius 2 is 2.00 bits per heavy atom. The van der Waals surface area contributed by atoms with Crippen molar-refractivity contribution in [2.75, 3.05) is 11.4 Å². The molecule has 0 saturated heterocycles. The number of hydrogen-bond donors (Lipinski definition) is 0. The molecule has 3 rings (SSSR count). The highest BCUT2D eigenvalue weighted by atomic mass is 79.9. The van der Waals surface area contributed by atoms with Crippen molar-refractivity contribution in [3.8, 4) is 0 Å². The van der Waals surface area contributed by atoms with Gasteiger partial charge in [-0.3, -0.25) is 0 Å². The van der Waals surface area contributed by atoms with Gasteiger partial charge in [0.2, 0.25) is 0 Å². The van der Waals surface area contributed by atoms with Gasteiger partial charge < -0.3 is 4.90 Å². The molecule has 0 atom stereocenters. The molecular weight excluding hydrogens is 314 g/mol. The number of aryl methyl sites for hydroxylation is 1. The van der Waals surface area contributed by atoms with E-state index in [0.29, 0.717) is 5.92 Å². The maximum atomic E-state index is 4.77. The van der Waals surface area contributed by atoms with Crippen LogP contribution < -0.4 is 4.90 Å². The van der Waals surface area contributed by atoms with Crippen LogP contribution in [0.25, 0.3) is 0 Å². The summed E-state index contributed by atoms with van der Waals surface area (Å²) < 4.78 is 0.872. The predicted octanol–water partition coefficient (Wildman–Crippen LogP) is 4.58. The molecular formula is C16H18BrN3. The summed E-state index contributed by atoms with van der Waals surface area (Å²) in [7, 11) is 0. The van der Waals surface area contributed by atoms with Crippen LogP contribution in [0.1, 0.15) is 37.1 Å². The number of benzene rings is 1. The number of halogens is 1. The molecule has 4 heteroatoms. The Labute approximate surface area is 128 Å². The molecule has 2 aromatic rings. The van der Waals surface area contributed by atoms with Crippen LogP contribution >= 0.6 is 15.9 Å². The van der Waals surface area contributed by atoms with Gasteiger partial charge in [0, 0.05) is 24.2 Å². The van der Waals surface area contributed by atoms with Gasteiger partial charge in [-0.15, -0.1) is 0 Å². The lowest BCUT2D eigenvalue weighted by Crippen LogP contribution is -2.19. The molecule has 1 aliphatic rings. The van der Waals surface area contributed by atoms with Gasteiger partial charge >= 0.3 is 0 Å². The number of hydrogen-bond acceptors (Lipinski definition) is 3. The standard InChI is InChI=1S/C16H18BrN3/c1-3-20(13-7-5-4-6-11(13)2)15-10-14(17)18-16(19-15)12-8-9-12/h4-7,10,12H,3,8-9H2,1-2H3. The van der Waals surface area contributed by atoms with E-state index in [2.05, 4.69) is 63.9 Å². The van der Waals surface area contributed by atoms with Crippen molar-refractivity contribution in [1.82, 2.24) is 9.97 Å². The molecule has 0 amide bonds. The molecule has 1 aliphatic carbocycles. The number of nitrogens with zero attached hydrogens (tertiary/aromatic N) is 3. The number of rotatable bonds is 4. The molecule has 0 spiro atoms. The summed E-state index contributed by atoms with van der Waals surface area (Å²) in [6.07, 6.45) is 2.43. The zero-order chi connectivity index (χ0) is 14.1. The quantitative estimate of drug-likeness (QED) is 0.767. The van der Waals surface area contributed by atoms with Crippen LogP contribution in [-0.2, 0) is 0 Å². The lowest BCUT2D eigenvalue weighted by Gasteiger charge is -2.24. The Bertz CT molecular complexity index is 623. The first kappa shape index (κ1) is 13.6. The highest BCUT2D eigenvalue weighted by Gasteiger charge is 2.27. The van der Waals surface area contributed by atoms with Crippen molar-refractivity contribution in [1.29, 1.82) is 0 Å². The first-order valence-electron chi connectivity index (χ1n) is 7.06. The number of aromatic nitrogens is 2. The van der Waals surface area contributed by atoms with Crippen molar-refractivity contribution < 1.29 is 0 Å². The van der Waals surface area contributed by atoms with E-state index in [-0.39, 0.29) is 0 Å². The van der Waals surface area contributed by atoms with Gasteiger partial charge in [0.15, 0.2) is 0 Å². The second kappa shape index (κ2) is 5.52.